The van der Waals surface area contributed by atoms with E-state index in [2.05, 4.69) is 10.3 Å². The molecule has 0 radical (unpaired) electrons. The highest BCUT2D eigenvalue weighted by Gasteiger charge is 2.25. The second-order valence-electron chi connectivity index (χ2n) is 2.53. The molecular formula is C8H6N2O3. The van der Waals surface area contributed by atoms with E-state index in [1.807, 2.05) is 0 Å². The number of esters is 1. The van der Waals surface area contributed by atoms with Gasteiger partial charge < -0.3 is 10.1 Å². The number of pyridine rings is 1. The Labute approximate surface area is 73.7 Å². The molecule has 0 aliphatic carbocycles. The van der Waals surface area contributed by atoms with Crippen LogP contribution >= 0.6 is 0 Å². The summed E-state index contributed by atoms with van der Waals surface area (Å²) in [6.45, 7) is 0.254. The smallest absolute Gasteiger partial charge is 0.342 e. The highest BCUT2D eigenvalue weighted by atomic mass is 16.5. The zero-order valence-corrected chi connectivity index (χ0v) is 6.61. The van der Waals surface area contributed by atoms with Crippen molar-refractivity contribution >= 4 is 18.2 Å². The number of aromatic nitrogens is 1. The van der Waals surface area contributed by atoms with Crippen molar-refractivity contribution in [2.75, 3.05) is 5.32 Å². The zero-order valence-electron chi connectivity index (χ0n) is 6.61. The standard InChI is InChI=1S/C8H6N2O3/c11-4-10-7-6-5(1-2-9-7)3-13-8(6)12/h1-2,4H,3H2,(H,9,10,11). The molecule has 1 aromatic heterocycles. The van der Waals surface area contributed by atoms with Crippen molar-refractivity contribution in [3.05, 3.63) is 23.4 Å². The normalized spacial score (nSPS) is 13.4. The van der Waals surface area contributed by atoms with E-state index in [4.69, 9.17) is 4.74 Å². The van der Waals surface area contributed by atoms with E-state index in [9.17, 15) is 9.59 Å². The van der Waals surface area contributed by atoms with Crippen molar-refractivity contribution in [3.63, 3.8) is 0 Å². The summed E-state index contributed by atoms with van der Waals surface area (Å²) >= 11 is 0. The molecule has 1 aliphatic rings. The zero-order chi connectivity index (χ0) is 9.26. The molecule has 1 aliphatic heterocycles. The van der Waals surface area contributed by atoms with Crippen LogP contribution < -0.4 is 5.32 Å². The number of anilines is 1. The largest absolute Gasteiger partial charge is 0.457 e. The van der Waals surface area contributed by atoms with Crippen LogP contribution in [0.5, 0.6) is 0 Å². The number of nitrogens with zero attached hydrogens (tertiary/aromatic N) is 1. The van der Waals surface area contributed by atoms with Gasteiger partial charge in [0.15, 0.2) is 0 Å². The van der Waals surface area contributed by atoms with Gasteiger partial charge in [-0.2, -0.15) is 0 Å². The van der Waals surface area contributed by atoms with Gasteiger partial charge in [0.25, 0.3) is 0 Å². The Hall–Kier alpha value is -1.91. The summed E-state index contributed by atoms with van der Waals surface area (Å²) < 4.78 is 4.78. The van der Waals surface area contributed by atoms with Crippen LogP contribution in [0, 0.1) is 0 Å². The summed E-state index contributed by atoms with van der Waals surface area (Å²) in [5.74, 6) is -0.178. The number of hydrogen-bond acceptors (Lipinski definition) is 4. The van der Waals surface area contributed by atoms with Gasteiger partial charge in [0.1, 0.15) is 18.0 Å². The molecule has 0 aromatic carbocycles. The first-order valence-corrected chi connectivity index (χ1v) is 3.68. The van der Waals surface area contributed by atoms with Crippen LogP contribution in [-0.2, 0) is 16.1 Å². The molecule has 5 heteroatoms. The highest BCUT2D eigenvalue weighted by Crippen LogP contribution is 2.24. The number of nitrogens with one attached hydrogen (secondary N) is 1. The summed E-state index contributed by atoms with van der Waals surface area (Å²) in [6.07, 6.45) is 2.00. The topological polar surface area (TPSA) is 68.3 Å². The molecule has 0 unspecified atom stereocenters. The van der Waals surface area contributed by atoms with Gasteiger partial charge in [-0.25, -0.2) is 9.78 Å². The van der Waals surface area contributed by atoms with Crippen LogP contribution in [0.4, 0.5) is 5.82 Å². The van der Waals surface area contributed by atoms with Gasteiger partial charge in [-0.3, -0.25) is 4.79 Å². The number of ether oxygens (including phenoxy) is 1. The van der Waals surface area contributed by atoms with E-state index < -0.39 is 5.97 Å². The molecule has 2 rings (SSSR count). The minimum atomic E-state index is -0.438. The Kier molecular flexibility index (Phi) is 1.70. The lowest BCUT2D eigenvalue weighted by atomic mass is 10.1. The van der Waals surface area contributed by atoms with Gasteiger partial charge in [-0.1, -0.05) is 0 Å². The third-order valence-electron chi connectivity index (χ3n) is 1.80. The minimum absolute atomic E-state index is 0.254. The summed E-state index contributed by atoms with van der Waals surface area (Å²) in [5.41, 5.74) is 1.11. The van der Waals surface area contributed by atoms with Crippen LogP contribution in [0.1, 0.15) is 15.9 Å². The number of carbonyl (C=O) groups is 2. The fourth-order valence-corrected chi connectivity index (χ4v) is 1.23. The van der Waals surface area contributed by atoms with Crippen molar-refractivity contribution in [2.45, 2.75) is 6.61 Å². The van der Waals surface area contributed by atoms with Gasteiger partial charge >= 0.3 is 5.97 Å². The van der Waals surface area contributed by atoms with Crippen LogP contribution in [0.3, 0.4) is 0 Å². The summed E-state index contributed by atoms with van der Waals surface area (Å²) in [6, 6.07) is 1.69. The summed E-state index contributed by atoms with van der Waals surface area (Å²) in [7, 11) is 0. The predicted octanol–water partition coefficient (Wildman–Crippen LogP) is 0.320. The summed E-state index contributed by atoms with van der Waals surface area (Å²) in [4.78, 5) is 25.2. The SMILES string of the molecule is O=CNc1nccc2c1C(=O)OC2. The van der Waals surface area contributed by atoms with Crippen molar-refractivity contribution in [3.8, 4) is 0 Å². The predicted molar refractivity (Wildman–Crippen MR) is 43.0 cm³/mol. The first-order chi connectivity index (χ1) is 6.33. The molecular weight excluding hydrogens is 172 g/mol. The lowest BCUT2D eigenvalue weighted by molar-refractivity contribution is -0.105. The molecule has 5 nitrogen and oxygen atoms in total. The maximum absolute atomic E-state index is 11.1. The maximum Gasteiger partial charge on any atom is 0.342 e. The molecule has 0 fully saturated rings. The molecule has 1 amide bonds. The number of amides is 1. The molecule has 0 saturated carbocycles. The molecule has 2 heterocycles. The molecule has 0 atom stereocenters. The van der Waals surface area contributed by atoms with E-state index in [0.717, 1.165) is 5.56 Å². The Morgan fingerprint density at radius 3 is 3.23 bits per heavy atom. The molecule has 13 heavy (non-hydrogen) atoms. The lowest BCUT2D eigenvalue weighted by Crippen LogP contribution is -2.04. The third kappa shape index (κ3) is 1.14. The Balaban J connectivity index is 2.52. The third-order valence-corrected chi connectivity index (χ3v) is 1.80. The van der Waals surface area contributed by atoms with E-state index in [-0.39, 0.29) is 12.4 Å². The van der Waals surface area contributed by atoms with Crippen molar-refractivity contribution in [1.29, 1.82) is 0 Å². The molecule has 66 valence electrons. The molecule has 1 aromatic rings. The highest BCUT2D eigenvalue weighted by molar-refractivity contribution is 5.99. The van der Waals surface area contributed by atoms with Crippen molar-refractivity contribution < 1.29 is 14.3 Å². The number of carbonyl (C=O) groups excluding carboxylic acids is 2. The summed E-state index contributed by atoms with van der Waals surface area (Å²) in [5, 5.41) is 2.35. The monoisotopic (exact) mass is 178 g/mol. The van der Waals surface area contributed by atoms with E-state index in [1.165, 1.54) is 6.20 Å². The van der Waals surface area contributed by atoms with E-state index in [0.29, 0.717) is 12.0 Å². The van der Waals surface area contributed by atoms with Crippen LogP contribution in [-0.4, -0.2) is 17.4 Å². The first kappa shape index (κ1) is 7.72. The van der Waals surface area contributed by atoms with Gasteiger partial charge in [-0.05, 0) is 6.07 Å². The van der Waals surface area contributed by atoms with Crippen molar-refractivity contribution in [1.82, 2.24) is 4.98 Å². The second-order valence-corrected chi connectivity index (χ2v) is 2.53. The van der Waals surface area contributed by atoms with Gasteiger partial charge in [0, 0.05) is 11.8 Å². The number of hydrogen-bond donors (Lipinski definition) is 1. The first-order valence-electron chi connectivity index (χ1n) is 3.68. The number of cyclic esters (lactones) is 1. The molecule has 1 N–H and O–H groups in total. The van der Waals surface area contributed by atoms with E-state index in [1.54, 1.807) is 6.07 Å². The fraction of sp³-hybridized carbons (Fsp3) is 0.125. The molecule has 0 saturated heterocycles. The molecule has 0 bridgehead atoms. The van der Waals surface area contributed by atoms with Crippen LogP contribution in [0.15, 0.2) is 12.3 Å². The average molecular weight is 178 g/mol. The number of rotatable bonds is 2. The Morgan fingerprint density at radius 1 is 1.62 bits per heavy atom. The number of fused-ring (bicyclic) bond motifs is 1. The second kappa shape index (κ2) is 2.85. The van der Waals surface area contributed by atoms with E-state index >= 15 is 0 Å². The van der Waals surface area contributed by atoms with Gasteiger partial charge in [0.05, 0.1) is 0 Å². The van der Waals surface area contributed by atoms with Crippen LogP contribution in [0.2, 0.25) is 0 Å². The quantitative estimate of drug-likeness (QED) is 0.523. The Morgan fingerprint density at radius 2 is 2.46 bits per heavy atom. The fourth-order valence-electron chi connectivity index (χ4n) is 1.23. The van der Waals surface area contributed by atoms with Gasteiger partial charge in [-0.15, -0.1) is 0 Å². The van der Waals surface area contributed by atoms with Gasteiger partial charge in [0.2, 0.25) is 6.41 Å². The maximum atomic E-state index is 11.1. The molecule has 0 spiro atoms. The average Bonchev–Trinajstić information content (AvgIpc) is 2.50. The Bertz CT molecular complexity index is 376. The minimum Gasteiger partial charge on any atom is -0.457 e. The lowest BCUT2D eigenvalue weighted by Gasteiger charge is -2.00. The van der Waals surface area contributed by atoms with Crippen molar-refractivity contribution in [2.24, 2.45) is 0 Å². The van der Waals surface area contributed by atoms with Crippen LogP contribution in [0.25, 0.3) is 0 Å².